The monoisotopic (exact) mass is 486 g/mol. The molecule has 0 unspecified atom stereocenters. The Hall–Kier alpha value is -2.23. The molecule has 0 spiro atoms. The largest absolute Gasteiger partial charge is 0.496 e. The molecule has 148 valence electrons. The first-order chi connectivity index (χ1) is 12.7. The molecule has 0 aliphatic heterocycles. The van der Waals surface area contributed by atoms with E-state index in [9.17, 15) is 4.79 Å². The smallest absolute Gasteiger partial charge is 0.341 e. The summed E-state index contributed by atoms with van der Waals surface area (Å²) >= 11 is 0. The number of hydrogen-bond acceptors (Lipinski definition) is 4. The van der Waals surface area contributed by atoms with Crippen LogP contribution in [0.15, 0.2) is 47.7 Å². The Morgan fingerprint density at radius 2 is 1.93 bits per heavy atom. The quantitative estimate of drug-likeness (QED) is 0.260. The van der Waals surface area contributed by atoms with E-state index in [2.05, 4.69) is 20.2 Å². The predicted octanol–water partition coefficient (Wildman–Crippen LogP) is 2.66. The first kappa shape index (κ1) is 22.8. The fraction of sp³-hybridized carbons (Fsp3) is 0.368. The molecule has 0 bridgehead atoms. The Labute approximate surface area is 177 Å². The number of esters is 1. The molecule has 0 aliphatic carbocycles. The number of rotatable bonds is 8. The Morgan fingerprint density at radius 1 is 1.19 bits per heavy atom. The molecule has 0 amide bonds. The molecule has 1 aromatic carbocycles. The molecule has 1 heterocycles. The SMILES string of the molecule is CCNC(=NCc1ccc(OC)c(C(=O)OC)c1)NCCn1cccc1.I. The standard InChI is InChI=1S/C19H26N4O3.HI/c1-4-20-19(21-9-12-23-10-5-6-11-23)22-14-15-7-8-17(25-2)16(13-15)18(24)26-3;/h5-8,10-11,13H,4,9,12,14H2,1-3H3,(H2,20,21,22);1H. The summed E-state index contributed by atoms with van der Waals surface area (Å²) in [5.74, 6) is 0.792. The number of benzene rings is 1. The minimum atomic E-state index is -0.426. The second-order valence-corrected chi connectivity index (χ2v) is 5.57. The highest BCUT2D eigenvalue weighted by Gasteiger charge is 2.13. The number of carbonyl (C=O) groups excluding carboxylic acids is 1. The summed E-state index contributed by atoms with van der Waals surface area (Å²) in [6.45, 7) is 4.84. The molecule has 2 rings (SSSR count). The summed E-state index contributed by atoms with van der Waals surface area (Å²) < 4.78 is 12.1. The minimum absolute atomic E-state index is 0. The lowest BCUT2D eigenvalue weighted by molar-refractivity contribution is 0.0597. The average molecular weight is 486 g/mol. The zero-order chi connectivity index (χ0) is 18.8. The van der Waals surface area contributed by atoms with E-state index in [-0.39, 0.29) is 24.0 Å². The molecule has 0 atom stereocenters. The van der Waals surface area contributed by atoms with E-state index in [1.165, 1.54) is 14.2 Å². The normalized spacial score (nSPS) is 10.7. The number of nitrogens with zero attached hydrogens (tertiary/aromatic N) is 2. The summed E-state index contributed by atoms with van der Waals surface area (Å²) in [7, 11) is 2.88. The molecule has 0 fully saturated rings. The van der Waals surface area contributed by atoms with Crippen LogP contribution in [0.3, 0.4) is 0 Å². The third-order valence-electron chi connectivity index (χ3n) is 3.76. The van der Waals surface area contributed by atoms with Crippen LogP contribution in [0.4, 0.5) is 0 Å². The highest BCUT2D eigenvalue weighted by molar-refractivity contribution is 14.0. The van der Waals surface area contributed by atoms with Crippen LogP contribution < -0.4 is 15.4 Å². The van der Waals surface area contributed by atoms with Crippen molar-refractivity contribution in [2.45, 2.75) is 20.0 Å². The lowest BCUT2D eigenvalue weighted by Crippen LogP contribution is -2.38. The molecule has 0 aliphatic rings. The maximum absolute atomic E-state index is 11.9. The van der Waals surface area contributed by atoms with E-state index in [1.807, 2.05) is 37.5 Å². The van der Waals surface area contributed by atoms with Gasteiger partial charge in [0.25, 0.3) is 0 Å². The van der Waals surface area contributed by atoms with Crippen molar-refractivity contribution in [2.24, 2.45) is 4.99 Å². The van der Waals surface area contributed by atoms with Crippen molar-refractivity contribution in [1.29, 1.82) is 0 Å². The van der Waals surface area contributed by atoms with Gasteiger partial charge in [0.15, 0.2) is 5.96 Å². The number of guanidine groups is 1. The van der Waals surface area contributed by atoms with Gasteiger partial charge >= 0.3 is 5.97 Å². The second-order valence-electron chi connectivity index (χ2n) is 5.57. The molecule has 2 N–H and O–H groups in total. The van der Waals surface area contributed by atoms with Crippen LogP contribution in [0.5, 0.6) is 5.75 Å². The lowest BCUT2D eigenvalue weighted by atomic mass is 10.1. The first-order valence-corrected chi connectivity index (χ1v) is 8.56. The zero-order valence-electron chi connectivity index (χ0n) is 15.9. The summed E-state index contributed by atoms with van der Waals surface area (Å²) in [6.07, 6.45) is 4.05. The molecule has 0 saturated carbocycles. The number of ether oxygens (including phenoxy) is 2. The number of aliphatic imine (C=N–C) groups is 1. The van der Waals surface area contributed by atoms with Crippen LogP contribution in [0.1, 0.15) is 22.8 Å². The van der Waals surface area contributed by atoms with Gasteiger partial charge in [-0.3, -0.25) is 0 Å². The van der Waals surface area contributed by atoms with Gasteiger partial charge in [0, 0.05) is 32.0 Å². The molecule has 7 nitrogen and oxygen atoms in total. The Morgan fingerprint density at radius 3 is 2.56 bits per heavy atom. The van der Waals surface area contributed by atoms with E-state index >= 15 is 0 Å². The van der Waals surface area contributed by atoms with Crippen molar-refractivity contribution in [1.82, 2.24) is 15.2 Å². The highest BCUT2D eigenvalue weighted by Crippen LogP contribution is 2.21. The molecule has 27 heavy (non-hydrogen) atoms. The van der Waals surface area contributed by atoms with E-state index in [1.54, 1.807) is 12.1 Å². The third kappa shape index (κ3) is 7.12. The van der Waals surface area contributed by atoms with E-state index < -0.39 is 5.97 Å². The van der Waals surface area contributed by atoms with Crippen LogP contribution in [-0.4, -0.2) is 43.8 Å². The number of aromatic nitrogens is 1. The average Bonchev–Trinajstić information content (AvgIpc) is 3.18. The molecule has 0 saturated heterocycles. The molecule has 8 heteroatoms. The Balaban J connectivity index is 0.00000364. The number of nitrogens with one attached hydrogen (secondary N) is 2. The number of halogens is 1. The number of hydrogen-bond donors (Lipinski definition) is 2. The topological polar surface area (TPSA) is 76.9 Å². The van der Waals surface area contributed by atoms with Crippen LogP contribution >= 0.6 is 24.0 Å². The summed E-state index contributed by atoms with van der Waals surface area (Å²) in [6, 6.07) is 9.39. The van der Waals surface area contributed by atoms with Crippen LogP contribution in [0.25, 0.3) is 0 Å². The van der Waals surface area contributed by atoms with E-state index in [4.69, 9.17) is 9.47 Å². The summed E-state index contributed by atoms with van der Waals surface area (Å²) in [5.41, 5.74) is 1.29. The van der Waals surface area contributed by atoms with Crippen molar-refractivity contribution < 1.29 is 14.3 Å². The van der Waals surface area contributed by atoms with Gasteiger partial charge in [-0.2, -0.15) is 0 Å². The maximum Gasteiger partial charge on any atom is 0.341 e. The van der Waals surface area contributed by atoms with Gasteiger partial charge in [-0.15, -0.1) is 24.0 Å². The highest BCUT2D eigenvalue weighted by atomic mass is 127. The Bertz CT molecular complexity index is 733. The maximum atomic E-state index is 11.9. The molecular formula is C19H27IN4O3. The number of methoxy groups -OCH3 is 2. The second kappa shape index (κ2) is 12.2. The fourth-order valence-corrected chi connectivity index (χ4v) is 2.46. The number of carbonyl (C=O) groups is 1. The Kier molecular flexibility index (Phi) is 10.3. The van der Waals surface area contributed by atoms with E-state index in [0.29, 0.717) is 17.9 Å². The summed E-state index contributed by atoms with van der Waals surface area (Å²) in [4.78, 5) is 16.5. The lowest BCUT2D eigenvalue weighted by Gasteiger charge is -2.12. The van der Waals surface area contributed by atoms with Crippen molar-refractivity contribution in [3.63, 3.8) is 0 Å². The van der Waals surface area contributed by atoms with Crippen molar-refractivity contribution >= 4 is 35.9 Å². The van der Waals surface area contributed by atoms with Gasteiger partial charge < -0.3 is 24.7 Å². The van der Waals surface area contributed by atoms with Crippen LogP contribution in [0, 0.1) is 0 Å². The van der Waals surface area contributed by atoms with Crippen molar-refractivity contribution in [2.75, 3.05) is 27.3 Å². The third-order valence-corrected chi connectivity index (χ3v) is 3.76. The van der Waals surface area contributed by atoms with Crippen LogP contribution in [0.2, 0.25) is 0 Å². The van der Waals surface area contributed by atoms with Gasteiger partial charge in [0.05, 0.1) is 20.8 Å². The zero-order valence-corrected chi connectivity index (χ0v) is 18.2. The molecular weight excluding hydrogens is 459 g/mol. The molecule has 1 aromatic heterocycles. The summed E-state index contributed by atoms with van der Waals surface area (Å²) in [5, 5.41) is 6.52. The van der Waals surface area contributed by atoms with Gasteiger partial charge in [0.1, 0.15) is 11.3 Å². The first-order valence-electron chi connectivity index (χ1n) is 8.56. The van der Waals surface area contributed by atoms with E-state index in [0.717, 1.165) is 31.2 Å². The molecule has 0 radical (unpaired) electrons. The van der Waals surface area contributed by atoms with Gasteiger partial charge in [0.2, 0.25) is 0 Å². The van der Waals surface area contributed by atoms with Gasteiger partial charge in [-0.05, 0) is 36.8 Å². The fourth-order valence-electron chi connectivity index (χ4n) is 2.46. The van der Waals surface area contributed by atoms with Gasteiger partial charge in [-0.25, -0.2) is 9.79 Å². The predicted molar refractivity (Wildman–Crippen MR) is 117 cm³/mol. The van der Waals surface area contributed by atoms with Crippen molar-refractivity contribution in [3.05, 3.63) is 53.9 Å². The minimum Gasteiger partial charge on any atom is -0.496 e. The van der Waals surface area contributed by atoms with Crippen LogP contribution in [-0.2, 0) is 17.8 Å². The van der Waals surface area contributed by atoms with Crippen molar-refractivity contribution in [3.8, 4) is 5.75 Å². The molecule has 2 aromatic rings. The van der Waals surface area contributed by atoms with Gasteiger partial charge in [-0.1, -0.05) is 6.07 Å².